The van der Waals surface area contributed by atoms with Gasteiger partial charge in [0.05, 0.1) is 0 Å². The zero-order valence-electron chi connectivity index (χ0n) is 9.19. The fourth-order valence-electron chi connectivity index (χ4n) is 2.75. The number of rotatable bonds is 1. The van der Waals surface area contributed by atoms with E-state index in [1.165, 1.54) is 39.1 Å². The average Bonchev–Trinajstić information content (AvgIpc) is 2.30. The molecule has 2 heterocycles. The van der Waals surface area contributed by atoms with Crippen LogP contribution in [0.2, 0.25) is 0 Å². The number of nitrogens with one attached hydrogen (secondary N) is 1. The van der Waals surface area contributed by atoms with Gasteiger partial charge in [0.25, 0.3) is 0 Å². The maximum Gasteiger partial charge on any atom is 0.00943 e. The van der Waals surface area contributed by atoms with Gasteiger partial charge in [-0.1, -0.05) is 20.8 Å². The smallest absolute Gasteiger partial charge is 0.00943 e. The lowest BCUT2D eigenvalue weighted by atomic mass is 9.78. The summed E-state index contributed by atoms with van der Waals surface area (Å²) in [5.74, 6) is 0. The van der Waals surface area contributed by atoms with Gasteiger partial charge < -0.3 is 10.2 Å². The van der Waals surface area contributed by atoms with E-state index in [0.717, 1.165) is 0 Å². The van der Waals surface area contributed by atoms with Crippen molar-refractivity contribution in [1.82, 2.24) is 10.2 Å². The van der Waals surface area contributed by atoms with Gasteiger partial charge in [0.2, 0.25) is 0 Å². The Labute approximate surface area is 81.7 Å². The van der Waals surface area contributed by atoms with E-state index in [1.807, 2.05) is 0 Å². The van der Waals surface area contributed by atoms with Crippen molar-refractivity contribution in [2.24, 2.45) is 10.8 Å². The van der Waals surface area contributed by atoms with Crippen LogP contribution >= 0.6 is 0 Å². The highest BCUT2D eigenvalue weighted by molar-refractivity contribution is 5.00. The third-order valence-corrected chi connectivity index (χ3v) is 3.15. The maximum atomic E-state index is 3.47. The van der Waals surface area contributed by atoms with Crippen molar-refractivity contribution in [3.05, 3.63) is 0 Å². The highest BCUT2D eigenvalue weighted by Crippen LogP contribution is 2.37. The van der Waals surface area contributed by atoms with Crippen molar-refractivity contribution in [1.29, 1.82) is 0 Å². The first-order valence-corrected chi connectivity index (χ1v) is 5.42. The molecule has 0 aromatic carbocycles. The Morgan fingerprint density at radius 1 is 1.31 bits per heavy atom. The van der Waals surface area contributed by atoms with Gasteiger partial charge >= 0.3 is 0 Å². The van der Waals surface area contributed by atoms with E-state index in [0.29, 0.717) is 10.8 Å². The van der Waals surface area contributed by atoms with E-state index in [4.69, 9.17) is 0 Å². The second-order valence-electron chi connectivity index (χ2n) is 6.13. The van der Waals surface area contributed by atoms with Gasteiger partial charge in [0.1, 0.15) is 0 Å². The predicted octanol–water partition coefficient (Wildman–Crippen LogP) is 1.33. The molecule has 76 valence electrons. The summed E-state index contributed by atoms with van der Waals surface area (Å²) in [5.41, 5.74) is 1.14. The fourth-order valence-corrected chi connectivity index (χ4v) is 2.75. The summed E-state index contributed by atoms with van der Waals surface area (Å²) >= 11 is 0. The van der Waals surface area contributed by atoms with Gasteiger partial charge in [0, 0.05) is 31.6 Å². The largest absolute Gasteiger partial charge is 0.316 e. The molecule has 0 amide bonds. The van der Waals surface area contributed by atoms with Crippen LogP contribution in [-0.4, -0.2) is 37.6 Å². The molecule has 0 radical (unpaired) electrons. The lowest BCUT2D eigenvalue weighted by molar-refractivity contribution is -0.00548. The fraction of sp³-hybridized carbons (Fsp3) is 1.00. The second kappa shape index (κ2) is 2.96. The predicted molar refractivity (Wildman–Crippen MR) is 55.8 cm³/mol. The Morgan fingerprint density at radius 2 is 2.00 bits per heavy atom. The molecule has 1 spiro atoms. The first-order chi connectivity index (χ1) is 5.99. The van der Waals surface area contributed by atoms with E-state index in [1.54, 1.807) is 0 Å². The standard InChI is InChI=1S/C11H22N2/c1-10(2,3)7-13-8-11(9-13)4-5-12-6-11/h12H,4-9H2,1-3H3. The molecule has 1 N–H and O–H groups in total. The van der Waals surface area contributed by atoms with Crippen LogP contribution in [-0.2, 0) is 0 Å². The van der Waals surface area contributed by atoms with Crippen LogP contribution in [0.15, 0.2) is 0 Å². The molecule has 2 fully saturated rings. The highest BCUT2D eigenvalue weighted by Gasteiger charge is 2.45. The average molecular weight is 182 g/mol. The number of hydrogen-bond donors (Lipinski definition) is 1. The van der Waals surface area contributed by atoms with Gasteiger partial charge in [-0.3, -0.25) is 0 Å². The quantitative estimate of drug-likeness (QED) is 0.658. The molecule has 0 unspecified atom stereocenters. The van der Waals surface area contributed by atoms with Gasteiger partial charge in [0.15, 0.2) is 0 Å². The van der Waals surface area contributed by atoms with E-state index < -0.39 is 0 Å². The first-order valence-electron chi connectivity index (χ1n) is 5.42. The topological polar surface area (TPSA) is 15.3 Å². The summed E-state index contributed by atoms with van der Waals surface area (Å²) in [6.45, 7) is 13.4. The van der Waals surface area contributed by atoms with E-state index in [9.17, 15) is 0 Å². The summed E-state index contributed by atoms with van der Waals surface area (Å²) < 4.78 is 0. The molecule has 2 aliphatic heterocycles. The lowest BCUT2D eigenvalue weighted by Crippen LogP contribution is -2.58. The second-order valence-corrected chi connectivity index (χ2v) is 6.13. The zero-order valence-corrected chi connectivity index (χ0v) is 9.19. The van der Waals surface area contributed by atoms with E-state index in [-0.39, 0.29) is 0 Å². The van der Waals surface area contributed by atoms with Crippen molar-refractivity contribution in [2.45, 2.75) is 27.2 Å². The van der Waals surface area contributed by atoms with Gasteiger partial charge in [-0.15, -0.1) is 0 Å². The summed E-state index contributed by atoms with van der Waals surface area (Å²) in [5, 5.41) is 3.47. The van der Waals surface area contributed by atoms with Crippen molar-refractivity contribution >= 4 is 0 Å². The molecular formula is C11H22N2. The first kappa shape index (κ1) is 9.47. The molecule has 0 atom stereocenters. The van der Waals surface area contributed by atoms with Crippen molar-refractivity contribution in [2.75, 3.05) is 32.7 Å². The third-order valence-electron chi connectivity index (χ3n) is 3.15. The van der Waals surface area contributed by atoms with Crippen molar-refractivity contribution in [3.8, 4) is 0 Å². The number of nitrogens with zero attached hydrogens (tertiary/aromatic N) is 1. The molecule has 0 aromatic rings. The normalized spacial score (nSPS) is 27.9. The maximum absolute atomic E-state index is 3.47. The molecule has 0 saturated carbocycles. The third kappa shape index (κ3) is 2.05. The molecule has 2 rings (SSSR count). The van der Waals surface area contributed by atoms with Crippen LogP contribution in [0.1, 0.15) is 27.2 Å². The molecule has 13 heavy (non-hydrogen) atoms. The Kier molecular flexibility index (Phi) is 2.16. The highest BCUT2D eigenvalue weighted by atomic mass is 15.2. The number of likely N-dealkylation sites (tertiary alicyclic amines) is 1. The summed E-state index contributed by atoms with van der Waals surface area (Å²) in [7, 11) is 0. The Balaban J connectivity index is 1.78. The van der Waals surface area contributed by atoms with Crippen LogP contribution in [0.25, 0.3) is 0 Å². The molecule has 2 heteroatoms. The molecule has 0 bridgehead atoms. The molecule has 0 aliphatic carbocycles. The minimum absolute atomic E-state index is 0.466. The summed E-state index contributed by atoms with van der Waals surface area (Å²) in [6.07, 6.45) is 1.40. The van der Waals surface area contributed by atoms with Crippen LogP contribution in [0.3, 0.4) is 0 Å². The minimum Gasteiger partial charge on any atom is -0.316 e. The SMILES string of the molecule is CC(C)(C)CN1CC2(CCNC2)C1. The Hall–Kier alpha value is -0.0800. The van der Waals surface area contributed by atoms with Gasteiger partial charge in [-0.05, 0) is 18.4 Å². The Bertz CT molecular complexity index is 179. The molecule has 2 saturated heterocycles. The van der Waals surface area contributed by atoms with Crippen molar-refractivity contribution < 1.29 is 0 Å². The van der Waals surface area contributed by atoms with Crippen LogP contribution in [0, 0.1) is 10.8 Å². The zero-order chi connectivity index (χ0) is 9.53. The van der Waals surface area contributed by atoms with E-state index in [2.05, 4.69) is 31.0 Å². The van der Waals surface area contributed by atoms with Crippen LogP contribution in [0.5, 0.6) is 0 Å². The summed E-state index contributed by atoms with van der Waals surface area (Å²) in [6, 6.07) is 0. The van der Waals surface area contributed by atoms with Gasteiger partial charge in [-0.25, -0.2) is 0 Å². The Morgan fingerprint density at radius 3 is 2.46 bits per heavy atom. The minimum atomic E-state index is 0.466. The van der Waals surface area contributed by atoms with Crippen LogP contribution in [0.4, 0.5) is 0 Å². The summed E-state index contributed by atoms with van der Waals surface area (Å²) in [4.78, 5) is 2.60. The molecule has 0 aromatic heterocycles. The number of hydrogen-bond acceptors (Lipinski definition) is 2. The lowest BCUT2D eigenvalue weighted by Gasteiger charge is -2.50. The van der Waals surface area contributed by atoms with E-state index >= 15 is 0 Å². The van der Waals surface area contributed by atoms with Crippen LogP contribution < -0.4 is 5.32 Å². The van der Waals surface area contributed by atoms with Gasteiger partial charge in [-0.2, -0.15) is 0 Å². The molecule has 2 aliphatic rings. The monoisotopic (exact) mass is 182 g/mol. The molecule has 2 nitrogen and oxygen atoms in total. The molecular weight excluding hydrogens is 160 g/mol. The van der Waals surface area contributed by atoms with Crippen molar-refractivity contribution in [3.63, 3.8) is 0 Å².